The van der Waals surface area contributed by atoms with E-state index in [4.69, 9.17) is 5.14 Å². The highest BCUT2D eigenvalue weighted by Gasteiger charge is 2.18. The fourth-order valence-electron chi connectivity index (χ4n) is 3.41. The minimum atomic E-state index is -3.33. The van der Waals surface area contributed by atoms with Gasteiger partial charge in [0, 0.05) is 6.54 Å². The van der Waals surface area contributed by atoms with E-state index >= 15 is 0 Å². The maximum Gasteiger partial charge on any atom is 0.259 e. The number of rotatable bonds is 7. The SMILES string of the molecule is CCc1cc(C#N)cc(C(C)C)c1CC(=O)N=[S@@](N)(=O)c1ccc(CN(C)C)cc1. The van der Waals surface area contributed by atoms with E-state index < -0.39 is 15.8 Å². The molecule has 0 spiro atoms. The third kappa shape index (κ3) is 5.99. The van der Waals surface area contributed by atoms with Crippen LogP contribution in [0.2, 0.25) is 0 Å². The van der Waals surface area contributed by atoms with E-state index in [2.05, 4.69) is 10.4 Å². The molecule has 0 heterocycles. The summed E-state index contributed by atoms with van der Waals surface area (Å²) in [6.07, 6.45) is 0.693. The van der Waals surface area contributed by atoms with Crippen LogP contribution in [-0.4, -0.2) is 29.1 Å². The van der Waals surface area contributed by atoms with E-state index in [0.717, 1.165) is 28.8 Å². The normalized spacial score (nSPS) is 13.2. The Bertz CT molecular complexity index is 1070. The summed E-state index contributed by atoms with van der Waals surface area (Å²) in [4.78, 5) is 15.1. The van der Waals surface area contributed by atoms with Crippen molar-refractivity contribution >= 4 is 15.8 Å². The van der Waals surface area contributed by atoms with Crippen LogP contribution in [0.15, 0.2) is 45.7 Å². The molecule has 6 nitrogen and oxygen atoms in total. The molecule has 0 fully saturated rings. The van der Waals surface area contributed by atoms with Crippen LogP contribution in [0.25, 0.3) is 0 Å². The zero-order valence-electron chi connectivity index (χ0n) is 18.3. The maximum absolute atomic E-state index is 12.9. The van der Waals surface area contributed by atoms with Gasteiger partial charge < -0.3 is 4.90 Å². The predicted molar refractivity (Wildman–Crippen MR) is 120 cm³/mol. The Morgan fingerprint density at radius 1 is 1.23 bits per heavy atom. The summed E-state index contributed by atoms with van der Waals surface area (Å²) in [5, 5.41) is 15.2. The van der Waals surface area contributed by atoms with Crippen molar-refractivity contribution in [2.75, 3.05) is 14.1 Å². The summed E-state index contributed by atoms with van der Waals surface area (Å²) in [6.45, 7) is 6.76. The molecule has 2 rings (SSSR count). The van der Waals surface area contributed by atoms with Crippen LogP contribution in [0.1, 0.15) is 54.5 Å². The van der Waals surface area contributed by atoms with Crippen molar-refractivity contribution in [1.82, 2.24) is 4.90 Å². The molecule has 1 atom stereocenters. The number of aryl methyl sites for hydroxylation is 1. The standard InChI is InChI=1S/C23H30N4O2S/c1-6-19-11-18(14-24)12-21(16(2)3)22(19)13-23(28)26-30(25,29)20-9-7-17(8-10-20)15-27(4)5/h7-12,16H,6,13,15H2,1-5H3,(H2,25,26,28,29)/t30-/m1/s1. The van der Waals surface area contributed by atoms with Gasteiger partial charge in [-0.1, -0.05) is 32.9 Å². The van der Waals surface area contributed by atoms with Crippen LogP contribution in [0.3, 0.4) is 0 Å². The first-order valence-corrected chi connectivity index (χ1v) is 11.5. The molecule has 160 valence electrons. The van der Waals surface area contributed by atoms with Crippen LogP contribution in [0, 0.1) is 11.3 Å². The number of nitrogens with two attached hydrogens (primary N) is 1. The molecule has 2 aromatic rings. The van der Waals surface area contributed by atoms with Gasteiger partial charge in [-0.25, -0.2) is 9.35 Å². The van der Waals surface area contributed by atoms with E-state index in [1.807, 2.05) is 58.0 Å². The second-order valence-electron chi connectivity index (χ2n) is 7.94. The van der Waals surface area contributed by atoms with Crippen LogP contribution in [0.4, 0.5) is 0 Å². The quantitative estimate of drug-likeness (QED) is 0.728. The molecule has 0 unspecified atom stereocenters. The lowest BCUT2D eigenvalue weighted by atomic mass is 9.88. The topological polar surface area (TPSA) is 99.5 Å². The Morgan fingerprint density at radius 2 is 1.87 bits per heavy atom. The van der Waals surface area contributed by atoms with Gasteiger partial charge in [0.1, 0.15) is 9.92 Å². The van der Waals surface area contributed by atoms with Gasteiger partial charge in [0.2, 0.25) is 0 Å². The highest BCUT2D eigenvalue weighted by atomic mass is 32.2. The van der Waals surface area contributed by atoms with Gasteiger partial charge in [-0.15, -0.1) is 4.36 Å². The van der Waals surface area contributed by atoms with E-state index in [0.29, 0.717) is 16.9 Å². The number of carbonyl (C=O) groups excluding carboxylic acids is 1. The predicted octanol–water partition coefficient (Wildman–Crippen LogP) is 3.78. The third-order valence-corrected chi connectivity index (χ3v) is 6.26. The van der Waals surface area contributed by atoms with E-state index in [1.165, 1.54) is 0 Å². The molecule has 0 bridgehead atoms. The van der Waals surface area contributed by atoms with Gasteiger partial charge in [0.15, 0.2) is 0 Å². The molecule has 1 amide bonds. The smallest absolute Gasteiger partial charge is 0.259 e. The molecular formula is C23H30N4O2S. The van der Waals surface area contributed by atoms with E-state index in [1.54, 1.807) is 18.2 Å². The first kappa shape index (κ1) is 23.7. The lowest BCUT2D eigenvalue weighted by Gasteiger charge is -2.16. The lowest BCUT2D eigenvalue weighted by molar-refractivity contribution is -0.117. The van der Waals surface area contributed by atoms with Gasteiger partial charge >= 0.3 is 0 Å². The van der Waals surface area contributed by atoms with Crippen molar-refractivity contribution in [1.29, 1.82) is 5.26 Å². The molecule has 0 radical (unpaired) electrons. The minimum Gasteiger partial charge on any atom is -0.305 e. The Labute approximate surface area is 180 Å². The Hall–Kier alpha value is -2.53. The fourth-order valence-corrected chi connectivity index (χ4v) is 4.41. The molecule has 0 aliphatic carbocycles. The summed E-state index contributed by atoms with van der Waals surface area (Å²) in [5.74, 6) is -0.390. The molecule has 0 aromatic heterocycles. The highest BCUT2D eigenvalue weighted by molar-refractivity contribution is 7.91. The Morgan fingerprint density at radius 3 is 2.37 bits per heavy atom. The van der Waals surface area contributed by atoms with Crippen LogP contribution in [0.5, 0.6) is 0 Å². The second kappa shape index (κ2) is 9.98. The largest absolute Gasteiger partial charge is 0.305 e. The monoisotopic (exact) mass is 426 g/mol. The Balaban J connectivity index is 2.37. The molecule has 2 N–H and O–H groups in total. The van der Waals surface area contributed by atoms with Gasteiger partial charge in [-0.3, -0.25) is 4.79 Å². The maximum atomic E-state index is 12.9. The highest BCUT2D eigenvalue weighted by Crippen LogP contribution is 2.26. The summed E-state index contributed by atoms with van der Waals surface area (Å²) in [7, 11) is 0.600. The Kier molecular flexibility index (Phi) is 7.90. The molecule has 0 aliphatic heterocycles. The van der Waals surface area contributed by atoms with Crippen molar-refractivity contribution in [2.45, 2.75) is 51.0 Å². The average molecular weight is 427 g/mol. The summed E-state index contributed by atoms with van der Waals surface area (Å²) >= 11 is 0. The molecular weight excluding hydrogens is 396 g/mol. The zero-order chi connectivity index (χ0) is 22.5. The van der Waals surface area contributed by atoms with Crippen LogP contribution in [-0.2, 0) is 34.1 Å². The first-order valence-electron chi connectivity index (χ1n) is 9.94. The molecule has 7 heteroatoms. The molecule has 2 aromatic carbocycles. The van der Waals surface area contributed by atoms with Gasteiger partial charge in [0.05, 0.1) is 22.9 Å². The van der Waals surface area contributed by atoms with Crippen molar-refractivity contribution in [3.8, 4) is 6.07 Å². The van der Waals surface area contributed by atoms with Crippen LogP contribution < -0.4 is 5.14 Å². The molecule has 0 aliphatic rings. The fraction of sp³-hybridized carbons (Fsp3) is 0.391. The summed E-state index contributed by atoms with van der Waals surface area (Å²) in [5.41, 5.74) is 4.33. The van der Waals surface area contributed by atoms with Crippen molar-refractivity contribution in [3.63, 3.8) is 0 Å². The van der Waals surface area contributed by atoms with E-state index in [9.17, 15) is 14.3 Å². The average Bonchev–Trinajstić information content (AvgIpc) is 2.67. The van der Waals surface area contributed by atoms with E-state index in [-0.39, 0.29) is 12.3 Å². The van der Waals surface area contributed by atoms with Crippen molar-refractivity contribution in [3.05, 3.63) is 64.2 Å². The number of benzene rings is 2. The van der Waals surface area contributed by atoms with Crippen LogP contribution >= 0.6 is 0 Å². The summed E-state index contributed by atoms with van der Waals surface area (Å²) < 4.78 is 16.8. The third-order valence-electron chi connectivity index (χ3n) is 4.83. The second-order valence-corrected chi connectivity index (χ2v) is 9.73. The van der Waals surface area contributed by atoms with Crippen molar-refractivity contribution in [2.24, 2.45) is 9.50 Å². The number of hydrogen-bond donors (Lipinski definition) is 1. The molecule has 30 heavy (non-hydrogen) atoms. The van der Waals surface area contributed by atoms with Crippen molar-refractivity contribution < 1.29 is 9.00 Å². The van der Waals surface area contributed by atoms with Gasteiger partial charge in [0.25, 0.3) is 5.91 Å². The first-order chi connectivity index (χ1) is 14.1. The number of nitrogens with zero attached hydrogens (tertiary/aromatic N) is 3. The lowest BCUT2D eigenvalue weighted by Crippen LogP contribution is -2.17. The number of nitriles is 1. The number of carbonyl (C=O) groups is 1. The minimum absolute atomic E-state index is 0.00922. The zero-order valence-corrected chi connectivity index (χ0v) is 19.1. The number of amides is 1. The molecule has 0 saturated carbocycles. The number of hydrogen-bond acceptors (Lipinski definition) is 4. The molecule has 0 saturated heterocycles. The van der Waals surface area contributed by atoms with Gasteiger partial charge in [-0.05, 0) is 73.0 Å². The van der Waals surface area contributed by atoms with Gasteiger partial charge in [-0.2, -0.15) is 5.26 Å². The summed E-state index contributed by atoms with van der Waals surface area (Å²) in [6, 6.07) is 12.8.